The predicted octanol–water partition coefficient (Wildman–Crippen LogP) is 2.30. The summed E-state index contributed by atoms with van der Waals surface area (Å²) in [4.78, 5) is 27.1. The van der Waals surface area contributed by atoms with Crippen LogP contribution < -0.4 is 4.90 Å². The lowest BCUT2D eigenvalue weighted by molar-refractivity contribution is -0.138. The first kappa shape index (κ1) is 16.3. The molecule has 7 nitrogen and oxygen atoms in total. The smallest absolute Gasteiger partial charge is 0.326 e. The van der Waals surface area contributed by atoms with Gasteiger partial charge in [0.25, 0.3) is 0 Å². The lowest BCUT2D eigenvalue weighted by Crippen LogP contribution is -2.37. The molecule has 0 unspecified atom stereocenters. The summed E-state index contributed by atoms with van der Waals surface area (Å²) in [6, 6.07) is 0.0120. The van der Waals surface area contributed by atoms with Gasteiger partial charge >= 0.3 is 5.97 Å². The fourth-order valence-electron chi connectivity index (χ4n) is 3.11. The molecule has 1 fully saturated rings. The van der Waals surface area contributed by atoms with Gasteiger partial charge in [0.2, 0.25) is 0 Å². The first-order valence-electron chi connectivity index (χ1n) is 7.73. The number of fused-ring (bicyclic) bond motifs is 1. The second-order valence-corrected chi connectivity index (χ2v) is 5.96. The highest BCUT2D eigenvalue weighted by atomic mass is 19.1. The van der Waals surface area contributed by atoms with Crippen LogP contribution in [0.3, 0.4) is 0 Å². The van der Waals surface area contributed by atoms with E-state index >= 15 is 0 Å². The van der Waals surface area contributed by atoms with Gasteiger partial charge in [0, 0.05) is 23.6 Å². The van der Waals surface area contributed by atoms with Gasteiger partial charge in [-0.25, -0.2) is 32.9 Å². The van der Waals surface area contributed by atoms with Crippen LogP contribution in [0, 0.1) is 11.6 Å². The highest BCUT2D eigenvalue weighted by Gasteiger charge is 2.39. The summed E-state index contributed by atoms with van der Waals surface area (Å²) in [5, 5.41) is 9.64. The summed E-state index contributed by atoms with van der Waals surface area (Å²) in [5.74, 6) is -2.94. The third-order valence-corrected chi connectivity index (χ3v) is 4.27. The molecule has 0 aromatic carbocycles. The molecule has 0 aliphatic carbocycles. The molecule has 0 saturated carbocycles. The van der Waals surface area contributed by atoms with E-state index in [4.69, 9.17) is 0 Å². The van der Waals surface area contributed by atoms with Crippen molar-refractivity contribution >= 4 is 22.8 Å². The average Bonchev–Trinajstić information content (AvgIpc) is 3.19. The fourth-order valence-corrected chi connectivity index (χ4v) is 3.11. The molecule has 0 radical (unpaired) electrons. The zero-order valence-corrected chi connectivity index (χ0v) is 13.2. The van der Waals surface area contributed by atoms with Crippen molar-refractivity contribution in [1.82, 2.24) is 19.9 Å². The minimum absolute atomic E-state index is 0.0477. The molecule has 26 heavy (non-hydrogen) atoms. The second kappa shape index (κ2) is 5.97. The monoisotopic (exact) mass is 363 g/mol. The van der Waals surface area contributed by atoms with E-state index in [1.54, 1.807) is 0 Å². The van der Waals surface area contributed by atoms with Crippen molar-refractivity contribution in [1.29, 1.82) is 0 Å². The van der Waals surface area contributed by atoms with Crippen LogP contribution in [0.25, 0.3) is 22.4 Å². The Morgan fingerprint density at radius 3 is 2.88 bits per heavy atom. The molecule has 134 valence electrons. The Labute approximate surface area is 144 Å². The van der Waals surface area contributed by atoms with Gasteiger partial charge in [-0.15, -0.1) is 0 Å². The number of carboxylic acids is 1. The van der Waals surface area contributed by atoms with Gasteiger partial charge < -0.3 is 15.0 Å². The molecule has 1 aliphatic heterocycles. The second-order valence-electron chi connectivity index (χ2n) is 5.96. The number of alkyl halides is 1. The van der Waals surface area contributed by atoms with Gasteiger partial charge in [0.05, 0.1) is 18.9 Å². The Kier molecular flexibility index (Phi) is 3.74. The van der Waals surface area contributed by atoms with Crippen LogP contribution in [0.15, 0.2) is 24.7 Å². The molecular formula is C16H12F3N5O2. The third-order valence-electron chi connectivity index (χ3n) is 4.27. The van der Waals surface area contributed by atoms with Crippen LogP contribution in [0.4, 0.5) is 19.0 Å². The van der Waals surface area contributed by atoms with Crippen molar-refractivity contribution in [3.05, 3.63) is 36.3 Å². The zero-order valence-electron chi connectivity index (χ0n) is 13.2. The van der Waals surface area contributed by atoms with E-state index in [1.807, 2.05) is 0 Å². The largest absolute Gasteiger partial charge is 0.480 e. The molecule has 0 amide bonds. The van der Waals surface area contributed by atoms with Crippen LogP contribution in [-0.4, -0.2) is 49.8 Å². The van der Waals surface area contributed by atoms with E-state index in [9.17, 15) is 23.1 Å². The topological polar surface area (TPSA) is 95.0 Å². The molecule has 3 aromatic heterocycles. The van der Waals surface area contributed by atoms with Crippen LogP contribution in [-0.2, 0) is 4.79 Å². The highest BCUT2D eigenvalue weighted by Crippen LogP contribution is 2.31. The number of rotatable bonds is 3. The van der Waals surface area contributed by atoms with Crippen molar-refractivity contribution in [2.45, 2.75) is 18.6 Å². The molecule has 1 aliphatic rings. The van der Waals surface area contributed by atoms with Crippen LogP contribution in [0.5, 0.6) is 0 Å². The number of hydrogen-bond acceptors (Lipinski definition) is 5. The Bertz CT molecular complexity index is 1010. The van der Waals surface area contributed by atoms with Crippen molar-refractivity contribution in [3.8, 4) is 11.4 Å². The van der Waals surface area contributed by atoms with E-state index in [-0.39, 0.29) is 24.6 Å². The van der Waals surface area contributed by atoms with Gasteiger partial charge in [0.15, 0.2) is 17.5 Å². The lowest BCUT2D eigenvalue weighted by Gasteiger charge is -2.22. The molecule has 0 spiro atoms. The number of nitrogens with one attached hydrogen (secondary N) is 1. The first-order valence-corrected chi connectivity index (χ1v) is 7.73. The number of halogens is 3. The van der Waals surface area contributed by atoms with Crippen molar-refractivity contribution in [3.63, 3.8) is 0 Å². The molecular weight excluding hydrogens is 351 g/mol. The van der Waals surface area contributed by atoms with Gasteiger partial charge in [0.1, 0.15) is 23.7 Å². The number of pyridine rings is 1. The molecule has 1 saturated heterocycles. The number of nitrogens with zero attached hydrogens (tertiary/aromatic N) is 4. The minimum atomic E-state index is -1.40. The summed E-state index contributed by atoms with van der Waals surface area (Å²) < 4.78 is 41.4. The number of aliphatic carboxylic acids is 1. The van der Waals surface area contributed by atoms with Crippen molar-refractivity contribution in [2.75, 3.05) is 11.4 Å². The maximum Gasteiger partial charge on any atom is 0.326 e. The molecule has 2 N–H and O–H groups in total. The maximum atomic E-state index is 14.2. The highest BCUT2D eigenvalue weighted by molar-refractivity contribution is 5.91. The molecule has 3 aromatic rings. The summed E-state index contributed by atoms with van der Waals surface area (Å²) in [5.41, 5.74) is 0.764. The summed E-state index contributed by atoms with van der Waals surface area (Å²) in [7, 11) is 0. The van der Waals surface area contributed by atoms with Gasteiger partial charge in [-0.2, -0.15) is 0 Å². The van der Waals surface area contributed by atoms with E-state index in [0.717, 1.165) is 17.3 Å². The number of H-pyrrole nitrogens is 1. The van der Waals surface area contributed by atoms with Crippen LogP contribution in [0.2, 0.25) is 0 Å². The number of carbonyl (C=O) groups is 1. The Morgan fingerprint density at radius 1 is 1.31 bits per heavy atom. The quantitative estimate of drug-likeness (QED) is 0.741. The molecule has 0 bridgehead atoms. The summed E-state index contributed by atoms with van der Waals surface area (Å²) in [6.45, 7) is -0.283. The summed E-state index contributed by atoms with van der Waals surface area (Å²) in [6.07, 6.45) is 1.76. The van der Waals surface area contributed by atoms with Gasteiger partial charge in [-0.1, -0.05) is 0 Å². The van der Waals surface area contributed by atoms with E-state index in [0.29, 0.717) is 16.6 Å². The number of hydrogen-bond donors (Lipinski definition) is 2. The molecule has 4 rings (SSSR count). The molecule has 2 atom stereocenters. The molecule has 10 heteroatoms. The van der Waals surface area contributed by atoms with E-state index < -0.39 is 29.8 Å². The third kappa shape index (κ3) is 2.63. The lowest BCUT2D eigenvalue weighted by atomic mass is 10.2. The normalized spacial score (nSPS) is 20.0. The first-order chi connectivity index (χ1) is 12.4. The summed E-state index contributed by atoms with van der Waals surface area (Å²) >= 11 is 0. The van der Waals surface area contributed by atoms with Gasteiger partial charge in [-0.3, -0.25) is 0 Å². The fraction of sp³-hybridized carbons (Fsp3) is 0.250. The number of anilines is 1. The maximum absolute atomic E-state index is 14.2. The van der Waals surface area contributed by atoms with E-state index in [2.05, 4.69) is 19.9 Å². The SMILES string of the molecule is O=C(O)[C@H]1C[C@@H](F)CN1c1nc(-c2c[nH]c3ncc(F)cc23)ncc1F. The molecule has 4 heterocycles. The van der Waals surface area contributed by atoms with Gasteiger partial charge in [-0.05, 0) is 6.07 Å². The standard InChI is InChI=1S/C16H12F3N5O2/c17-7-1-9-10(4-21-13(9)20-3-7)14-22-5-11(19)15(23-14)24-6-8(18)2-12(24)16(25)26/h1,3-5,8,12H,2,6H2,(H,20,21)(H,25,26)/t8-,12-/m1/s1. The van der Waals surface area contributed by atoms with Crippen molar-refractivity contribution in [2.24, 2.45) is 0 Å². The number of aromatic amines is 1. The number of aromatic nitrogens is 4. The number of carboxylic acid groups (broad SMARTS) is 1. The average molecular weight is 363 g/mol. The zero-order chi connectivity index (χ0) is 18.4. The van der Waals surface area contributed by atoms with Crippen LogP contribution >= 0.6 is 0 Å². The minimum Gasteiger partial charge on any atom is -0.480 e. The van der Waals surface area contributed by atoms with Crippen molar-refractivity contribution < 1.29 is 23.1 Å². The Hall–Kier alpha value is -3.17. The van der Waals surface area contributed by atoms with Crippen LogP contribution in [0.1, 0.15) is 6.42 Å². The predicted molar refractivity (Wildman–Crippen MR) is 85.3 cm³/mol. The van der Waals surface area contributed by atoms with E-state index in [1.165, 1.54) is 12.3 Å². The Balaban J connectivity index is 1.81. The Morgan fingerprint density at radius 2 is 2.12 bits per heavy atom.